The number of rotatable bonds is 0. The zero-order valence-electron chi connectivity index (χ0n) is 5.14. The summed E-state index contributed by atoms with van der Waals surface area (Å²) in [5.74, 6) is -1.00. The van der Waals surface area contributed by atoms with Gasteiger partial charge in [-0.1, -0.05) is 0 Å². The molecule has 0 atom stereocenters. The Balaban J connectivity index is 2.88. The van der Waals surface area contributed by atoms with Crippen LogP contribution in [0.4, 0.5) is 13.2 Å². The smallest absolute Gasteiger partial charge is 0.267 e. The molecule has 0 bridgehead atoms. The third-order valence-electron chi connectivity index (χ3n) is 0.980. The van der Waals surface area contributed by atoms with Crippen LogP contribution in [0.25, 0.3) is 0 Å². The lowest BCUT2D eigenvalue weighted by molar-refractivity contribution is -0.118. The van der Waals surface area contributed by atoms with Gasteiger partial charge in [-0.25, -0.2) is 5.32 Å². The van der Waals surface area contributed by atoms with Crippen LogP contribution in [0.1, 0.15) is 0 Å². The molecule has 1 rings (SSSR count). The van der Waals surface area contributed by atoms with Crippen LogP contribution in [0.2, 0.25) is 0 Å². The van der Waals surface area contributed by atoms with Crippen LogP contribution in [-0.4, -0.2) is 12.1 Å². The summed E-state index contributed by atoms with van der Waals surface area (Å²) in [7, 11) is 0. The lowest BCUT2D eigenvalue weighted by atomic mass is 10.2. The van der Waals surface area contributed by atoms with Gasteiger partial charge in [-0.2, -0.15) is 13.2 Å². The lowest BCUT2D eigenvalue weighted by Crippen LogP contribution is -2.19. The molecule has 1 aliphatic rings. The molecule has 0 aromatic rings. The van der Waals surface area contributed by atoms with Crippen molar-refractivity contribution >= 4 is 5.91 Å². The molecule has 2 nitrogen and oxygen atoms in total. The van der Waals surface area contributed by atoms with Crippen LogP contribution < -0.4 is 5.32 Å². The van der Waals surface area contributed by atoms with Crippen LogP contribution in [-0.2, 0) is 4.79 Å². The summed E-state index contributed by atoms with van der Waals surface area (Å²) in [6.45, 7) is 0. The molecule has 1 heterocycles. The molecule has 1 amide bonds. The number of nitrogens with zero attached hydrogens (tertiary/aromatic N) is 1. The van der Waals surface area contributed by atoms with Crippen molar-refractivity contribution in [3.05, 3.63) is 23.9 Å². The molecule has 0 aromatic heterocycles. The molecule has 0 saturated heterocycles. The molecule has 0 aromatic carbocycles. The largest absolute Gasteiger partial charge is 0.417 e. The van der Waals surface area contributed by atoms with Crippen LogP contribution in [0.5, 0.6) is 0 Å². The van der Waals surface area contributed by atoms with Crippen LogP contribution in [0, 0.1) is 6.08 Å². The van der Waals surface area contributed by atoms with E-state index in [9.17, 15) is 18.0 Å². The maximum atomic E-state index is 11.8. The van der Waals surface area contributed by atoms with Gasteiger partial charge < -0.3 is 0 Å². The summed E-state index contributed by atoms with van der Waals surface area (Å²) in [4.78, 5) is 10.3. The minimum Gasteiger partial charge on any atom is -0.267 e. The van der Waals surface area contributed by atoms with Crippen molar-refractivity contribution in [3.8, 4) is 0 Å². The average molecular weight is 161 g/mol. The molecule has 0 N–H and O–H groups in total. The van der Waals surface area contributed by atoms with Gasteiger partial charge in [0.1, 0.15) is 0 Å². The van der Waals surface area contributed by atoms with Gasteiger partial charge >= 0.3 is 6.18 Å². The quantitative estimate of drug-likeness (QED) is 0.520. The highest BCUT2D eigenvalue weighted by Gasteiger charge is 2.33. The molecule has 1 aliphatic heterocycles. The summed E-state index contributed by atoms with van der Waals surface area (Å²) >= 11 is 0. The Morgan fingerprint density at radius 3 is 2.45 bits per heavy atom. The predicted octanol–water partition coefficient (Wildman–Crippen LogP) is 0.937. The van der Waals surface area contributed by atoms with E-state index in [1.165, 1.54) is 0 Å². The summed E-state index contributed by atoms with van der Waals surface area (Å²) < 4.78 is 35.3. The Hall–Kier alpha value is -1.26. The van der Waals surface area contributed by atoms with Crippen molar-refractivity contribution < 1.29 is 18.0 Å². The van der Waals surface area contributed by atoms with E-state index < -0.39 is 17.7 Å². The number of alkyl halides is 3. The van der Waals surface area contributed by atoms with Crippen molar-refractivity contribution in [3.63, 3.8) is 0 Å². The van der Waals surface area contributed by atoms with Gasteiger partial charge in [-0.15, -0.1) is 0 Å². The predicted molar refractivity (Wildman–Crippen MR) is 29.1 cm³/mol. The number of hydrogen-bond donors (Lipinski definition) is 0. The van der Waals surface area contributed by atoms with Gasteiger partial charge in [0.05, 0.1) is 11.6 Å². The fourth-order valence-corrected chi connectivity index (χ4v) is 0.534. The summed E-state index contributed by atoms with van der Waals surface area (Å²) in [5.41, 5.74) is -1.09. The maximum absolute atomic E-state index is 11.8. The van der Waals surface area contributed by atoms with Crippen molar-refractivity contribution in [2.75, 3.05) is 0 Å². The van der Waals surface area contributed by atoms with E-state index in [1.807, 2.05) is 0 Å². The second kappa shape index (κ2) is 2.41. The van der Waals surface area contributed by atoms with Crippen LogP contribution >= 0.6 is 0 Å². The molecule has 0 spiro atoms. The van der Waals surface area contributed by atoms with E-state index in [1.54, 1.807) is 6.08 Å². The second-order valence-corrected chi connectivity index (χ2v) is 1.79. The van der Waals surface area contributed by atoms with E-state index in [0.717, 1.165) is 6.20 Å². The minimum atomic E-state index is -4.51. The molecule has 2 radical (unpaired) electrons. The highest BCUT2D eigenvalue weighted by Crippen LogP contribution is 2.26. The molecule has 58 valence electrons. The third kappa shape index (κ3) is 1.83. The number of hydrogen-bond acceptors (Lipinski definition) is 1. The summed E-state index contributed by atoms with van der Waals surface area (Å²) in [6.07, 6.45) is -1.45. The van der Waals surface area contributed by atoms with Crippen molar-refractivity contribution in [1.29, 1.82) is 0 Å². The van der Waals surface area contributed by atoms with Gasteiger partial charge in [0.2, 0.25) is 0 Å². The molecular weight excluding hydrogens is 159 g/mol. The summed E-state index contributed by atoms with van der Waals surface area (Å²) in [6, 6.07) is 0. The SMILES string of the molecule is O=C1[C]=C(C(F)(F)F)C=C[N]1. The Labute approximate surface area is 60.4 Å². The highest BCUT2D eigenvalue weighted by molar-refractivity contribution is 5.86. The maximum Gasteiger partial charge on any atom is 0.417 e. The fourth-order valence-electron chi connectivity index (χ4n) is 0.534. The fraction of sp³-hybridized carbons (Fsp3) is 0.167. The monoisotopic (exact) mass is 161 g/mol. The van der Waals surface area contributed by atoms with E-state index in [0.29, 0.717) is 6.08 Å². The Morgan fingerprint density at radius 1 is 1.45 bits per heavy atom. The number of allylic oxidation sites excluding steroid dienone is 2. The number of halogens is 3. The van der Waals surface area contributed by atoms with E-state index in [-0.39, 0.29) is 0 Å². The van der Waals surface area contributed by atoms with E-state index >= 15 is 0 Å². The first-order valence-electron chi connectivity index (χ1n) is 2.62. The van der Waals surface area contributed by atoms with Gasteiger partial charge in [-0.3, -0.25) is 4.79 Å². The molecule has 0 unspecified atom stereocenters. The van der Waals surface area contributed by atoms with Gasteiger partial charge in [0, 0.05) is 6.20 Å². The first kappa shape index (κ1) is 7.84. The molecular formula is C6H2F3NO. The Morgan fingerprint density at radius 2 is 2.09 bits per heavy atom. The highest BCUT2D eigenvalue weighted by atomic mass is 19.4. The zero-order valence-corrected chi connectivity index (χ0v) is 5.14. The van der Waals surface area contributed by atoms with Crippen molar-refractivity contribution in [2.24, 2.45) is 0 Å². The van der Waals surface area contributed by atoms with Crippen LogP contribution in [0.3, 0.4) is 0 Å². The van der Waals surface area contributed by atoms with Crippen molar-refractivity contribution in [2.45, 2.75) is 6.18 Å². The third-order valence-corrected chi connectivity index (χ3v) is 0.980. The van der Waals surface area contributed by atoms with Gasteiger partial charge in [0.15, 0.2) is 0 Å². The normalized spacial score (nSPS) is 17.7. The topological polar surface area (TPSA) is 31.2 Å². The number of carbonyl (C=O) groups excluding carboxylic acids is 1. The molecule has 0 fully saturated rings. The second-order valence-electron chi connectivity index (χ2n) is 1.79. The zero-order chi connectivity index (χ0) is 8.48. The first-order chi connectivity index (χ1) is 5.00. The van der Waals surface area contributed by atoms with Crippen molar-refractivity contribution in [1.82, 2.24) is 5.32 Å². The average Bonchev–Trinajstić information content (AvgIpc) is 1.86. The standard InChI is InChI=1S/C6H2F3NO/c7-6(8,9)4-1-2-10-5(11)3-4/h1-2H. The lowest BCUT2D eigenvalue weighted by Gasteiger charge is -2.08. The summed E-state index contributed by atoms with van der Waals surface area (Å²) in [5, 5.41) is 3.04. The van der Waals surface area contributed by atoms with E-state index in [2.05, 4.69) is 5.32 Å². The molecule has 11 heavy (non-hydrogen) atoms. The van der Waals surface area contributed by atoms with Gasteiger partial charge in [-0.05, 0) is 6.08 Å². The van der Waals surface area contributed by atoms with E-state index in [4.69, 9.17) is 0 Å². The van der Waals surface area contributed by atoms with Crippen LogP contribution in [0.15, 0.2) is 17.8 Å². The Kier molecular flexibility index (Phi) is 1.72. The molecule has 0 aliphatic carbocycles. The number of amides is 1. The minimum absolute atomic E-state index is 0.696. The number of carbonyl (C=O) groups is 1. The molecule has 5 heteroatoms. The molecule has 0 saturated carbocycles. The van der Waals surface area contributed by atoms with Gasteiger partial charge in [0.25, 0.3) is 5.91 Å². The first-order valence-corrected chi connectivity index (χ1v) is 2.62. The Bertz CT molecular complexity index is 239.